The maximum Gasteiger partial charge on any atom is 0.257 e. The summed E-state index contributed by atoms with van der Waals surface area (Å²) >= 11 is 0. The molecule has 2 spiro atoms. The number of nitrogens with one attached hydrogen (secondary N) is 2. The Labute approximate surface area is 192 Å². The van der Waals surface area contributed by atoms with E-state index >= 15 is 0 Å². The Balaban J connectivity index is 1.63. The fourth-order valence-corrected chi connectivity index (χ4v) is 7.03. The van der Waals surface area contributed by atoms with Gasteiger partial charge in [-0.25, -0.2) is 0 Å². The van der Waals surface area contributed by atoms with Gasteiger partial charge in [0.1, 0.15) is 11.3 Å². The molecule has 4 aliphatic heterocycles. The van der Waals surface area contributed by atoms with Gasteiger partial charge in [-0.3, -0.25) is 14.4 Å². The highest BCUT2D eigenvalue weighted by atomic mass is 16.3. The molecular weight excluding hydrogens is 418 g/mol. The number of aromatic amines is 1. The number of allylic oxidation sites excluding steroid dienone is 2. The summed E-state index contributed by atoms with van der Waals surface area (Å²) in [5, 5.41) is 14.3. The highest BCUT2D eigenvalue weighted by molar-refractivity contribution is 6.28. The number of carbonyl (C=O) groups is 3. The van der Waals surface area contributed by atoms with E-state index < -0.39 is 16.5 Å². The number of hydrogen-bond acceptors (Lipinski definition) is 4. The predicted octanol–water partition coefficient (Wildman–Crippen LogP) is 3.11. The molecule has 2 aromatic rings. The number of hydrogen-bond donors (Lipinski definition) is 3. The van der Waals surface area contributed by atoms with E-state index in [2.05, 4.69) is 24.1 Å². The van der Waals surface area contributed by atoms with Crippen LogP contribution in [-0.4, -0.2) is 50.2 Å². The van der Waals surface area contributed by atoms with Crippen LogP contribution in [0.25, 0.3) is 10.9 Å². The van der Waals surface area contributed by atoms with E-state index in [-0.39, 0.29) is 29.3 Å². The summed E-state index contributed by atoms with van der Waals surface area (Å²) in [6.07, 6.45) is 4.48. The minimum atomic E-state index is -1.56. The molecule has 2 amide bonds. The van der Waals surface area contributed by atoms with Gasteiger partial charge in [-0.15, -0.1) is 0 Å². The van der Waals surface area contributed by atoms with E-state index in [9.17, 15) is 19.5 Å². The van der Waals surface area contributed by atoms with Crippen molar-refractivity contribution in [1.29, 1.82) is 0 Å². The van der Waals surface area contributed by atoms with Crippen LogP contribution < -0.4 is 5.32 Å². The lowest BCUT2D eigenvalue weighted by Gasteiger charge is -2.62. The first kappa shape index (κ1) is 20.5. The summed E-state index contributed by atoms with van der Waals surface area (Å²) < 4.78 is 0. The van der Waals surface area contributed by atoms with Crippen molar-refractivity contribution >= 4 is 28.5 Å². The molecule has 0 radical (unpaired) electrons. The first-order chi connectivity index (χ1) is 15.6. The number of phenolic OH excluding ortho intramolecular Hbond substituents is 1. The van der Waals surface area contributed by atoms with E-state index in [1.807, 2.05) is 19.9 Å². The van der Waals surface area contributed by atoms with Gasteiger partial charge < -0.3 is 20.3 Å². The van der Waals surface area contributed by atoms with E-state index in [4.69, 9.17) is 0 Å². The van der Waals surface area contributed by atoms with Gasteiger partial charge in [0.05, 0.1) is 5.52 Å². The van der Waals surface area contributed by atoms with Crippen LogP contribution in [0.1, 0.15) is 68.6 Å². The lowest BCUT2D eigenvalue weighted by atomic mass is 9.51. The van der Waals surface area contributed by atoms with Crippen LogP contribution in [0, 0.1) is 5.92 Å². The van der Waals surface area contributed by atoms with Crippen LogP contribution in [-0.2, 0) is 21.4 Å². The maximum absolute atomic E-state index is 14.2. The number of benzene rings is 1. The van der Waals surface area contributed by atoms with E-state index in [0.29, 0.717) is 36.8 Å². The Bertz CT molecular complexity index is 1310. The molecule has 33 heavy (non-hydrogen) atoms. The molecule has 4 fully saturated rings. The number of carbonyl (C=O) groups excluding carboxylic acids is 3. The lowest BCUT2D eigenvalue weighted by molar-refractivity contribution is -0.174. The number of fused-ring (bicyclic) bond motifs is 4. The van der Waals surface area contributed by atoms with Gasteiger partial charge >= 0.3 is 0 Å². The zero-order chi connectivity index (χ0) is 23.5. The van der Waals surface area contributed by atoms with E-state index in [1.165, 1.54) is 0 Å². The number of ketones is 1. The third-order valence-electron chi connectivity index (χ3n) is 8.74. The average Bonchev–Trinajstić information content (AvgIpc) is 3.36. The number of piperidine rings is 2. The Morgan fingerprint density at radius 1 is 1.24 bits per heavy atom. The molecule has 7 rings (SSSR count). The van der Waals surface area contributed by atoms with Crippen LogP contribution in [0.15, 0.2) is 23.8 Å². The van der Waals surface area contributed by atoms with E-state index in [1.54, 1.807) is 17.0 Å². The van der Waals surface area contributed by atoms with E-state index in [0.717, 1.165) is 28.8 Å². The third kappa shape index (κ3) is 2.18. The highest BCUT2D eigenvalue weighted by Crippen LogP contribution is 2.59. The summed E-state index contributed by atoms with van der Waals surface area (Å²) in [5.41, 5.74) is 0.881. The fourth-order valence-electron chi connectivity index (χ4n) is 7.03. The third-order valence-corrected chi connectivity index (χ3v) is 8.74. The van der Waals surface area contributed by atoms with Crippen LogP contribution >= 0.6 is 0 Å². The monoisotopic (exact) mass is 447 g/mol. The van der Waals surface area contributed by atoms with Crippen LogP contribution in [0.5, 0.6) is 5.75 Å². The lowest BCUT2D eigenvalue weighted by Crippen LogP contribution is -2.86. The number of Topliss-reactive ketones (excluding diaryl/α,β-unsaturated/α-hetero) is 1. The summed E-state index contributed by atoms with van der Waals surface area (Å²) in [4.78, 5) is 46.5. The number of nitrogens with zero attached hydrogens (tertiary/aromatic N) is 1. The predicted molar refractivity (Wildman–Crippen MR) is 123 cm³/mol. The van der Waals surface area contributed by atoms with Crippen molar-refractivity contribution in [2.45, 2.75) is 69.9 Å². The van der Waals surface area contributed by atoms with Gasteiger partial charge in [0, 0.05) is 40.1 Å². The molecule has 1 aliphatic carbocycles. The molecule has 7 nitrogen and oxygen atoms in total. The summed E-state index contributed by atoms with van der Waals surface area (Å²) in [7, 11) is 0. The standard InChI is InChI=1S/C26H29N3O4/c1-13(2)6-7-14-16(30)9-8-15-18-20(27-19(14)15)24(3,4)17-12-25-10-5-11-29(25)23(33)26(17,21(18)31)28-22(25)32/h6,8-9,17,27,30H,5,7,10-12H2,1-4H3,(H,28,32)/t17-,25+,26?/m1/s1. The Morgan fingerprint density at radius 3 is 2.73 bits per heavy atom. The van der Waals surface area contributed by atoms with Crippen molar-refractivity contribution in [3.05, 3.63) is 40.6 Å². The van der Waals surface area contributed by atoms with Crippen molar-refractivity contribution in [2.75, 3.05) is 6.54 Å². The summed E-state index contributed by atoms with van der Waals surface area (Å²) in [6.45, 7) is 8.65. The molecule has 4 saturated heterocycles. The number of H-pyrrole nitrogens is 1. The number of phenols is 1. The number of rotatable bonds is 2. The molecule has 2 bridgehead atoms. The molecule has 5 heterocycles. The maximum atomic E-state index is 14.2. The number of aromatic nitrogens is 1. The largest absolute Gasteiger partial charge is 0.508 e. The highest BCUT2D eigenvalue weighted by Gasteiger charge is 2.76. The van der Waals surface area contributed by atoms with Crippen molar-refractivity contribution in [1.82, 2.24) is 15.2 Å². The zero-order valence-electron chi connectivity index (χ0n) is 19.5. The van der Waals surface area contributed by atoms with Crippen molar-refractivity contribution < 1.29 is 19.5 Å². The van der Waals surface area contributed by atoms with Crippen molar-refractivity contribution in [3.63, 3.8) is 0 Å². The Morgan fingerprint density at radius 2 is 2.00 bits per heavy atom. The minimum absolute atomic E-state index is 0.171. The molecule has 5 aliphatic rings. The normalized spacial score (nSPS) is 31.3. The summed E-state index contributed by atoms with van der Waals surface area (Å²) in [5.74, 6) is -0.940. The molecule has 0 saturated carbocycles. The number of aromatic hydroxyl groups is 1. The van der Waals surface area contributed by atoms with Gasteiger partial charge in [-0.1, -0.05) is 25.5 Å². The average molecular weight is 448 g/mol. The van der Waals surface area contributed by atoms with Gasteiger partial charge in [-0.05, 0) is 51.7 Å². The fraction of sp³-hybridized carbons (Fsp3) is 0.500. The molecule has 3 atom stereocenters. The molecule has 1 aromatic carbocycles. The SMILES string of the molecule is CC(C)=CCc1c(O)ccc2c3c([nH]c12)C(C)(C)[C@H]1C[C@]24CCCN2C(=O)C1(NC4=O)C3=O. The second kappa shape index (κ2) is 6.07. The zero-order valence-corrected chi connectivity index (χ0v) is 19.5. The van der Waals surface area contributed by atoms with Crippen LogP contribution in [0.3, 0.4) is 0 Å². The molecule has 172 valence electrons. The van der Waals surface area contributed by atoms with Crippen molar-refractivity contribution in [3.8, 4) is 5.75 Å². The number of piperazine rings is 1. The van der Waals surface area contributed by atoms with Gasteiger partial charge in [0.2, 0.25) is 11.7 Å². The van der Waals surface area contributed by atoms with Crippen LogP contribution in [0.4, 0.5) is 0 Å². The first-order valence-corrected chi connectivity index (χ1v) is 11.8. The summed E-state index contributed by atoms with van der Waals surface area (Å²) in [6, 6.07) is 3.36. The van der Waals surface area contributed by atoms with Gasteiger partial charge in [0.15, 0.2) is 5.54 Å². The second-order valence-corrected chi connectivity index (χ2v) is 11.0. The molecule has 1 aromatic heterocycles. The first-order valence-electron chi connectivity index (χ1n) is 11.8. The smallest absolute Gasteiger partial charge is 0.257 e. The quantitative estimate of drug-likeness (QED) is 0.486. The number of amides is 2. The molecule has 1 unspecified atom stereocenters. The molecular formula is C26H29N3O4. The molecule has 3 N–H and O–H groups in total. The molecule has 7 heteroatoms. The van der Waals surface area contributed by atoms with Crippen molar-refractivity contribution in [2.24, 2.45) is 5.92 Å². The Kier molecular flexibility index (Phi) is 3.77. The van der Waals surface area contributed by atoms with Crippen LogP contribution in [0.2, 0.25) is 0 Å². The second-order valence-electron chi connectivity index (χ2n) is 11.0. The topological polar surface area (TPSA) is 102 Å². The Hall–Kier alpha value is -3.09. The minimum Gasteiger partial charge on any atom is -0.508 e. The van der Waals surface area contributed by atoms with Gasteiger partial charge in [-0.2, -0.15) is 0 Å². The van der Waals surface area contributed by atoms with Gasteiger partial charge in [0.25, 0.3) is 5.91 Å².